The minimum atomic E-state index is -3.43. The SMILES string of the molecule is C[C@H](CS)NS(=O)(=O)c1ccc(C(C)(C)C)cc1. The second-order valence-corrected chi connectivity index (χ2v) is 7.56. The molecular formula is C13H21NO2S2. The number of thiol groups is 1. The van der Waals surface area contributed by atoms with Gasteiger partial charge in [-0.05, 0) is 30.0 Å². The number of hydrogen-bond donors (Lipinski definition) is 2. The molecule has 1 N–H and O–H groups in total. The molecule has 0 aromatic heterocycles. The molecule has 3 nitrogen and oxygen atoms in total. The molecule has 0 aliphatic heterocycles. The maximum Gasteiger partial charge on any atom is 0.240 e. The fourth-order valence-electron chi connectivity index (χ4n) is 1.50. The van der Waals surface area contributed by atoms with E-state index in [9.17, 15) is 8.42 Å². The lowest BCUT2D eigenvalue weighted by atomic mass is 9.87. The van der Waals surface area contributed by atoms with Crippen LogP contribution in [0.15, 0.2) is 29.2 Å². The van der Waals surface area contributed by atoms with Crippen LogP contribution in [-0.2, 0) is 15.4 Å². The number of nitrogens with one attached hydrogen (secondary N) is 1. The molecule has 0 spiro atoms. The maximum absolute atomic E-state index is 12.0. The van der Waals surface area contributed by atoms with Gasteiger partial charge in [-0.3, -0.25) is 0 Å². The molecule has 0 amide bonds. The summed E-state index contributed by atoms with van der Waals surface area (Å²) in [4.78, 5) is 0.295. The van der Waals surface area contributed by atoms with E-state index in [4.69, 9.17) is 0 Å². The fraction of sp³-hybridized carbons (Fsp3) is 0.538. The monoisotopic (exact) mass is 287 g/mol. The van der Waals surface area contributed by atoms with E-state index in [0.29, 0.717) is 10.6 Å². The first-order valence-corrected chi connectivity index (χ1v) is 8.02. The van der Waals surface area contributed by atoms with Gasteiger partial charge in [0.1, 0.15) is 0 Å². The van der Waals surface area contributed by atoms with Crippen LogP contribution in [0.3, 0.4) is 0 Å². The third-order valence-corrected chi connectivity index (χ3v) is 4.81. The van der Waals surface area contributed by atoms with Crippen LogP contribution >= 0.6 is 12.6 Å². The zero-order valence-electron chi connectivity index (χ0n) is 11.3. The minimum absolute atomic E-state index is 0.0219. The van der Waals surface area contributed by atoms with E-state index in [1.54, 1.807) is 19.1 Å². The molecule has 5 heteroatoms. The molecule has 0 aliphatic carbocycles. The van der Waals surface area contributed by atoms with Crippen LogP contribution in [0.4, 0.5) is 0 Å². The highest BCUT2D eigenvalue weighted by Gasteiger charge is 2.18. The van der Waals surface area contributed by atoms with Crippen LogP contribution in [0.1, 0.15) is 33.3 Å². The van der Waals surface area contributed by atoms with Crippen molar-refractivity contribution in [3.05, 3.63) is 29.8 Å². The summed E-state index contributed by atoms with van der Waals surface area (Å²) in [7, 11) is -3.43. The molecule has 1 atom stereocenters. The lowest BCUT2D eigenvalue weighted by molar-refractivity contribution is 0.569. The second kappa shape index (κ2) is 5.63. The quantitative estimate of drug-likeness (QED) is 0.836. The van der Waals surface area contributed by atoms with Gasteiger partial charge >= 0.3 is 0 Å². The maximum atomic E-state index is 12.0. The predicted octanol–water partition coefficient (Wildman–Crippen LogP) is 2.58. The standard InChI is InChI=1S/C13H21NO2S2/c1-10(9-17)14-18(15,16)12-7-5-11(6-8-12)13(2,3)4/h5-8,10,14,17H,9H2,1-4H3/t10-/m1/s1. The highest BCUT2D eigenvalue weighted by Crippen LogP contribution is 2.23. The molecule has 0 radical (unpaired) electrons. The summed E-state index contributed by atoms with van der Waals surface area (Å²) in [6, 6.07) is 6.84. The molecule has 0 fully saturated rings. The Balaban J connectivity index is 2.98. The van der Waals surface area contributed by atoms with Crippen LogP contribution in [0, 0.1) is 0 Å². The molecular weight excluding hydrogens is 266 g/mol. The Morgan fingerprint density at radius 2 is 1.72 bits per heavy atom. The lowest BCUT2D eigenvalue weighted by Gasteiger charge is -2.19. The van der Waals surface area contributed by atoms with Gasteiger partial charge in [0.15, 0.2) is 0 Å². The molecule has 0 saturated heterocycles. The van der Waals surface area contributed by atoms with Crippen LogP contribution in [0.2, 0.25) is 0 Å². The summed E-state index contributed by atoms with van der Waals surface area (Å²) >= 11 is 4.07. The molecule has 1 rings (SSSR count). The van der Waals surface area contributed by atoms with Gasteiger partial charge in [0.2, 0.25) is 10.0 Å². The van der Waals surface area contributed by atoms with Gasteiger partial charge in [-0.25, -0.2) is 13.1 Å². The number of sulfonamides is 1. The molecule has 18 heavy (non-hydrogen) atoms. The van der Waals surface area contributed by atoms with Gasteiger partial charge in [-0.15, -0.1) is 0 Å². The van der Waals surface area contributed by atoms with Crippen molar-refractivity contribution in [2.24, 2.45) is 0 Å². The Kier molecular flexibility index (Phi) is 4.86. The molecule has 102 valence electrons. The van der Waals surface area contributed by atoms with Gasteiger partial charge < -0.3 is 0 Å². The topological polar surface area (TPSA) is 46.2 Å². The van der Waals surface area contributed by atoms with E-state index in [-0.39, 0.29) is 11.5 Å². The Labute approximate surface area is 115 Å². The van der Waals surface area contributed by atoms with E-state index >= 15 is 0 Å². The third kappa shape index (κ3) is 4.00. The Morgan fingerprint density at radius 3 is 2.11 bits per heavy atom. The molecule has 0 saturated carbocycles. The van der Waals surface area contributed by atoms with Crippen molar-refractivity contribution in [3.8, 4) is 0 Å². The molecule has 1 aromatic rings. The average molecular weight is 287 g/mol. The predicted molar refractivity (Wildman–Crippen MR) is 78.8 cm³/mol. The van der Waals surface area contributed by atoms with Gasteiger partial charge in [-0.1, -0.05) is 32.9 Å². The average Bonchev–Trinajstić information content (AvgIpc) is 2.27. The van der Waals surface area contributed by atoms with Crippen molar-refractivity contribution < 1.29 is 8.42 Å². The van der Waals surface area contributed by atoms with Gasteiger partial charge in [0, 0.05) is 11.8 Å². The van der Waals surface area contributed by atoms with E-state index < -0.39 is 10.0 Å². The third-order valence-electron chi connectivity index (χ3n) is 2.66. The van der Waals surface area contributed by atoms with Crippen LogP contribution in [0.25, 0.3) is 0 Å². The summed E-state index contributed by atoms with van der Waals surface area (Å²) in [6.07, 6.45) is 0. The summed E-state index contributed by atoms with van der Waals surface area (Å²) in [5, 5.41) is 0. The summed E-state index contributed by atoms with van der Waals surface area (Å²) in [6.45, 7) is 8.07. The summed E-state index contributed by atoms with van der Waals surface area (Å²) in [5.41, 5.74) is 1.14. The van der Waals surface area contributed by atoms with E-state index in [1.807, 2.05) is 12.1 Å². The fourth-order valence-corrected chi connectivity index (χ4v) is 2.96. The van der Waals surface area contributed by atoms with Gasteiger partial charge in [0.05, 0.1) is 4.90 Å². The van der Waals surface area contributed by atoms with Crippen LogP contribution < -0.4 is 4.72 Å². The Morgan fingerprint density at radius 1 is 1.22 bits per heavy atom. The first kappa shape index (κ1) is 15.5. The number of rotatable bonds is 4. The van der Waals surface area contributed by atoms with Crippen molar-refractivity contribution in [2.45, 2.75) is 44.0 Å². The van der Waals surface area contributed by atoms with Crippen molar-refractivity contribution >= 4 is 22.7 Å². The highest BCUT2D eigenvalue weighted by molar-refractivity contribution is 7.89. The molecule has 0 heterocycles. The van der Waals surface area contributed by atoms with E-state index in [2.05, 4.69) is 38.1 Å². The zero-order chi connectivity index (χ0) is 14.0. The summed E-state index contributed by atoms with van der Waals surface area (Å²) < 4.78 is 26.6. The lowest BCUT2D eigenvalue weighted by Crippen LogP contribution is -2.33. The number of benzene rings is 1. The van der Waals surface area contributed by atoms with E-state index in [1.165, 1.54) is 0 Å². The van der Waals surface area contributed by atoms with Gasteiger partial charge in [0.25, 0.3) is 0 Å². The van der Waals surface area contributed by atoms with Crippen molar-refractivity contribution in [1.82, 2.24) is 4.72 Å². The second-order valence-electron chi connectivity index (χ2n) is 5.48. The Hall–Kier alpha value is -0.520. The first-order chi connectivity index (χ1) is 8.16. The Bertz CT molecular complexity index is 487. The largest absolute Gasteiger partial charge is 0.240 e. The van der Waals surface area contributed by atoms with Crippen LogP contribution in [0.5, 0.6) is 0 Å². The minimum Gasteiger partial charge on any atom is -0.208 e. The molecule has 1 aromatic carbocycles. The molecule has 0 aliphatic rings. The summed E-state index contributed by atoms with van der Waals surface area (Å²) in [5.74, 6) is 0.472. The number of hydrogen-bond acceptors (Lipinski definition) is 3. The van der Waals surface area contributed by atoms with Gasteiger partial charge in [-0.2, -0.15) is 12.6 Å². The zero-order valence-corrected chi connectivity index (χ0v) is 13.0. The first-order valence-electron chi connectivity index (χ1n) is 5.90. The van der Waals surface area contributed by atoms with Crippen molar-refractivity contribution in [3.63, 3.8) is 0 Å². The van der Waals surface area contributed by atoms with Crippen molar-refractivity contribution in [1.29, 1.82) is 0 Å². The van der Waals surface area contributed by atoms with E-state index in [0.717, 1.165) is 5.56 Å². The molecule has 0 unspecified atom stereocenters. The normalized spacial score (nSPS) is 14.5. The highest BCUT2D eigenvalue weighted by atomic mass is 32.2. The smallest absolute Gasteiger partial charge is 0.208 e. The van der Waals surface area contributed by atoms with Crippen molar-refractivity contribution in [2.75, 3.05) is 5.75 Å². The van der Waals surface area contributed by atoms with Crippen LogP contribution in [-0.4, -0.2) is 20.2 Å². The molecule has 0 bridgehead atoms.